The third-order valence-corrected chi connectivity index (χ3v) is 3.63. The highest BCUT2D eigenvalue weighted by Crippen LogP contribution is 2.28. The molecule has 0 radical (unpaired) electrons. The number of nitrogens with zero attached hydrogens (tertiary/aromatic N) is 2. The van der Waals surface area contributed by atoms with Gasteiger partial charge in [-0.25, -0.2) is 4.39 Å². The molecule has 0 saturated carbocycles. The van der Waals surface area contributed by atoms with Gasteiger partial charge in [-0.2, -0.15) is 5.26 Å². The van der Waals surface area contributed by atoms with Gasteiger partial charge in [-0.1, -0.05) is 6.07 Å². The van der Waals surface area contributed by atoms with Crippen LogP contribution in [0.25, 0.3) is 0 Å². The fourth-order valence-electron chi connectivity index (χ4n) is 2.59. The van der Waals surface area contributed by atoms with Crippen LogP contribution in [0.1, 0.15) is 24.8 Å². The van der Waals surface area contributed by atoms with Crippen molar-refractivity contribution < 1.29 is 4.39 Å². The van der Waals surface area contributed by atoms with Gasteiger partial charge in [-0.15, -0.1) is 0 Å². The van der Waals surface area contributed by atoms with Crippen molar-refractivity contribution in [3.8, 4) is 6.07 Å². The molecule has 0 aromatic heterocycles. The predicted octanol–water partition coefficient (Wildman–Crippen LogP) is 2.26. The maximum absolute atomic E-state index is 13.5. The second-order valence-corrected chi connectivity index (χ2v) is 4.75. The fourth-order valence-corrected chi connectivity index (χ4v) is 2.59. The molecule has 2 rings (SSSR count). The molecule has 4 heteroatoms. The lowest BCUT2D eigenvalue weighted by atomic mass is 9.93. The lowest BCUT2D eigenvalue weighted by Crippen LogP contribution is -2.34. The molecule has 0 aliphatic carbocycles. The van der Waals surface area contributed by atoms with Gasteiger partial charge < -0.3 is 10.6 Å². The predicted molar refractivity (Wildman–Crippen MR) is 69.7 cm³/mol. The Morgan fingerprint density at radius 3 is 2.72 bits per heavy atom. The molecule has 1 fully saturated rings. The summed E-state index contributed by atoms with van der Waals surface area (Å²) in [5.41, 5.74) is 6.45. The largest absolute Gasteiger partial charge is 0.370 e. The third-order valence-electron chi connectivity index (χ3n) is 3.63. The van der Waals surface area contributed by atoms with Crippen LogP contribution in [0, 0.1) is 23.1 Å². The highest BCUT2D eigenvalue weighted by Gasteiger charge is 2.21. The Labute approximate surface area is 107 Å². The molecular formula is C14H18FN3. The number of hydrogen-bond acceptors (Lipinski definition) is 3. The van der Waals surface area contributed by atoms with Gasteiger partial charge in [0.25, 0.3) is 0 Å². The summed E-state index contributed by atoms with van der Waals surface area (Å²) in [5.74, 6) is 0.240. The van der Waals surface area contributed by atoms with Crippen LogP contribution < -0.4 is 10.6 Å². The van der Waals surface area contributed by atoms with Crippen molar-refractivity contribution in [1.29, 1.82) is 5.26 Å². The lowest BCUT2D eigenvalue weighted by Gasteiger charge is -2.34. The molecule has 1 heterocycles. The monoisotopic (exact) mass is 247 g/mol. The molecule has 0 atom stereocenters. The summed E-state index contributed by atoms with van der Waals surface area (Å²) in [6, 6.07) is 6.79. The van der Waals surface area contributed by atoms with Crippen molar-refractivity contribution >= 4 is 5.69 Å². The van der Waals surface area contributed by atoms with Gasteiger partial charge in [0.1, 0.15) is 17.4 Å². The molecule has 0 unspecified atom stereocenters. The average Bonchev–Trinajstić information content (AvgIpc) is 2.40. The number of nitrogens with two attached hydrogens (primary N) is 1. The Kier molecular flexibility index (Phi) is 4.16. The summed E-state index contributed by atoms with van der Waals surface area (Å²) in [6.45, 7) is 2.49. The van der Waals surface area contributed by atoms with Crippen molar-refractivity contribution in [1.82, 2.24) is 0 Å². The van der Waals surface area contributed by atoms with Crippen LogP contribution in [0.15, 0.2) is 18.2 Å². The van der Waals surface area contributed by atoms with Crippen LogP contribution in [0.4, 0.5) is 10.1 Å². The molecule has 18 heavy (non-hydrogen) atoms. The molecule has 3 nitrogen and oxygen atoms in total. The number of nitriles is 1. The minimum absolute atomic E-state index is 0.162. The smallest absolute Gasteiger partial charge is 0.143 e. The SMILES string of the molecule is N#Cc1c(F)cccc1N1CCC(CCN)CC1. The van der Waals surface area contributed by atoms with Gasteiger partial charge in [0.2, 0.25) is 0 Å². The van der Waals surface area contributed by atoms with E-state index in [2.05, 4.69) is 4.90 Å². The summed E-state index contributed by atoms with van der Waals surface area (Å²) < 4.78 is 13.5. The zero-order valence-corrected chi connectivity index (χ0v) is 10.4. The standard InChI is InChI=1S/C14H18FN3/c15-13-2-1-3-14(12(13)10-17)18-8-5-11(4-7-16)6-9-18/h1-3,11H,4-9,16H2. The van der Waals surface area contributed by atoms with Crippen LogP contribution in [-0.2, 0) is 0 Å². The van der Waals surface area contributed by atoms with Crippen molar-refractivity contribution in [3.05, 3.63) is 29.6 Å². The van der Waals surface area contributed by atoms with Crippen LogP contribution in [-0.4, -0.2) is 19.6 Å². The normalized spacial score (nSPS) is 16.6. The van der Waals surface area contributed by atoms with Crippen LogP contribution in [0.3, 0.4) is 0 Å². The van der Waals surface area contributed by atoms with E-state index in [0.717, 1.165) is 44.6 Å². The summed E-state index contributed by atoms with van der Waals surface area (Å²) >= 11 is 0. The number of rotatable bonds is 3. The van der Waals surface area contributed by atoms with Crippen molar-refractivity contribution in [3.63, 3.8) is 0 Å². The quantitative estimate of drug-likeness (QED) is 0.891. The minimum atomic E-state index is -0.431. The van der Waals surface area contributed by atoms with Crippen LogP contribution >= 0.6 is 0 Å². The van der Waals surface area contributed by atoms with Gasteiger partial charge >= 0.3 is 0 Å². The molecule has 1 saturated heterocycles. The van der Waals surface area contributed by atoms with E-state index in [1.807, 2.05) is 12.1 Å². The Morgan fingerprint density at radius 2 is 2.11 bits per heavy atom. The van der Waals surface area contributed by atoms with Gasteiger partial charge in [0.05, 0.1) is 5.69 Å². The van der Waals surface area contributed by atoms with Gasteiger partial charge in [-0.05, 0) is 43.9 Å². The first-order valence-corrected chi connectivity index (χ1v) is 6.40. The van der Waals surface area contributed by atoms with E-state index in [9.17, 15) is 4.39 Å². The first-order valence-electron chi connectivity index (χ1n) is 6.40. The second-order valence-electron chi connectivity index (χ2n) is 4.75. The number of halogens is 1. The van der Waals surface area contributed by atoms with E-state index in [1.165, 1.54) is 6.07 Å². The van der Waals surface area contributed by atoms with Crippen molar-refractivity contribution in [2.24, 2.45) is 11.7 Å². The van der Waals surface area contributed by atoms with Crippen molar-refractivity contribution in [2.75, 3.05) is 24.5 Å². The van der Waals surface area contributed by atoms with Crippen LogP contribution in [0.2, 0.25) is 0 Å². The van der Waals surface area contributed by atoms with Gasteiger partial charge in [0, 0.05) is 13.1 Å². The molecule has 0 spiro atoms. The molecule has 0 bridgehead atoms. The van der Waals surface area contributed by atoms with E-state index in [4.69, 9.17) is 11.0 Å². The van der Waals surface area contributed by atoms with E-state index in [0.29, 0.717) is 5.92 Å². The minimum Gasteiger partial charge on any atom is -0.370 e. The Balaban J connectivity index is 2.10. The first-order chi connectivity index (χ1) is 8.76. The molecule has 96 valence electrons. The molecule has 2 N–H and O–H groups in total. The second kappa shape index (κ2) is 5.83. The third kappa shape index (κ3) is 2.62. The Hall–Kier alpha value is -1.60. The maximum Gasteiger partial charge on any atom is 0.143 e. The maximum atomic E-state index is 13.5. The zero-order valence-electron chi connectivity index (χ0n) is 10.4. The fraction of sp³-hybridized carbons (Fsp3) is 0.500. The first kappa shape index (κ1) is 12.8. The number of anilines is 1. The van der Waals surface area contributed by atoms with Gasteiger partial charge in [-0.3, -0.25) is 0 Å². The Morgan fingerprint density at radius 1 is 1.39 bits per heavy atom. The lowest BCUT2D eigenvalue weighted by molar-refractivity contribution is 0.386. The highest BCUT2D eigenvalue weighted by molar-refractivity contribution is 5.60. The topological polar surface area (TPSA) is 53.0 Å². The summed E-state index contributed by atoms with van der Waals surface area (Å²) in [4.78, 5) is 2.11. The van der Waals surface area contributed by atoms with E-state index < -0.39 is 5.82 Å². The molecule has 1 aromatic carbocycles. The number of benzene rings is 1. The van der Waals surface area contributed by atoms with E-state index in [1.54, 1.807) is 6.07 Å². The van der Waals surface area contributed by atoms with E-state index >= 15 is 0 Å². The molecule has 1 aliphatic rings. The molecule has 1 aliphatic heterocycles. The van der Waals surface area contributed by atoms with Crippen LogP contribution in [0.5, 0.6) is 0 Å². The van der Waals surface area contributed by atoms with Gasteiger partial charge in [0.15, 0.2) is 0 Å². The molecule has 0 amide bonds. The molecule has 1 aromatic rings. The Bertz CT molecular complexity index is 445. The number of piperidine rings is 1. The average molecular weight is 247 g/mol. The number of hydrogen-bond donors (Lipinski definition) is 1. The summed E-state index contributed by atoms with van der Waals surface area (Å²) in [6.07, 6.45) is 3.19. The zero-order chi connectivity index (χ0) is 13.0. The van der Waals surface area contributed by atoms with Crippen molar-refractivity contribution in [2.45, 2.75) is 19.3 Å². The summed E-state index contributed by atoms with van der Waals surface area (Å²) in [7, 11) is 0. The summed E-state index contributed by atoms with van der Waals surface area (Å²) in [5, 5.41) is 9.03. The van der Waals surface area contributed by atoms with E-state index in [-0.39, 0.29) is 5.56 Å². The molecular weight excluding hydrogens is 229 g/mol. The highest BCUT2D eigenvalue weighted by atomic mass is 19.1.